The van der Waals surface area contributed by atoms with E-state index in [2.05, 4.69) is 15.7 Å². The Morgan fingerprint density at radius 2 is 1.63 bits per heavy atom. The summed E-state index contributed by atoms with van der Waals surface area (Å²) in [5.41, 5.74) is 3.50. The van der Waals surface area contributed by atoms with Gasteiger partial charge in [-0.05, 0) is 61.0 Å². The van der Waals surface area contributed by atoms with Crippen molar-refractivity contribution in [3.8, 4) is 11.3 Å². The maximum Gasteiger partial charge on any atom is 0.276 e. The molecule has 7 heteroatoms. The number of hydrogen-bond donors (Lipinski definition) is 2. The Balaban J connectivity index is 1.77. The van der Waals surface area contributed by atoms with Crippen molar-refractivity contribution in [3.05, 3.63) is 65.6 Å². The summed E-state index contributed by atoms with van der Waals surface area (Å²) in [6, 6.07) is 13.2. The molecular weight excluding hydrogens is 347 g/mol. The normalized spacial score (nSPS) is 10.5. The number of anilines is 2. The van der Waals surface area contributed by atoms with Gasteiger partial charge in [0.25, 0.3) is 5.91 Å². The van der Waals surface area contributed by atoms with Crippen LogP contribution in [0.25, 0.3) is 11.3 Å². The molecule has 0 spiro atoms. The fourth-order valence-corrected chi connectivity index (χ4v) is 2.69. The minimum absolute atomic E-state index is 0.163. The number of hydrogen-bond acceptors (Lipinski definition) is 3. The van der Waals surface area contributed by atoms with Crippen molar-refractivity contribution in [2.45, 2.75) is 13.8 Å². The molecule has 0 fully saturated rings. The zero-order chi connectivity index (χ0) is 19.6. The molecule has 3 rings (SSSR count). The standard InChI is InChI=1S/C20H19FN4O2/c1-12-10-14(4-9-17(12)21)19-11-18(24-25(19)3)20(27)23-16-7-5-15(6-8-16)22-13(2)26/h4-11H,1-3H3,(H,22,26)(H,23,27). The Kier molecular flexibility index (Phi) is 5.03. The highest BCUT2D eigenvalue weighted by atomic mass is 19.1. The van der Waals surface area contributed by atoms with Gasteiger partial charge in [0.05, 0.1) is 5.69 Å². The molecule has 0 aliphatic carbocycles. The van der Waals surface area contributed by atoms with Crippen LogP contribution in [0, 0.1) is 12.7 Å². The molecule has 1 aromatic heterocycles. The molecule has 0 saturated heterocycles. The average molecular weight is 366 g/mol. The van der Waals surface area contributed by atoms with E-state index in [0.717, 1.165) is 5.56 Å². The third kappa shape index (κ3) is 4.20. The molecule has 0 saturated carbocycles. The third-order valence-electron chi connectivity index (χ3n) is 4.03. The van der Waals surface area contributed by atoms with Crippen LogP contribution in [0.2, 0.25) is 0 Å². The molecule has 6 nitrogen and oxygen atoms in total. The summed E-state index contributed by atoms with van der Waals surface area (Å²) in [6.45, 7) is 3.12. The fourth-order valence-electron chi connectivity index (χ4n) is 2.69. The first-order chi connectivity index (χ1) is 12.8. The van der Waals surface area contributed by atoms with Crippen LogP contribution in [-0.4, -0.2) is 21.6 Å². The Morgan fingerprint density at radius 1 is 1.00 bits per heavy atom. The van der Waals surface area contributed by atoms with Gasteiger partial charge in [-0.3, -0.25) is 14.3 Å². The van der Waals surface area contributed by atoms with Crippen LogP contribution in [0.1, 0.15) is 23.0 Å². The number of aromatic nitrogens is 2. The smallest absolute Gasteiger partial charge is 0.276 e. The number of amides is 2. The lowest BCUT2D eigenvalue weighted by Crippen LogP contribution is -2.13. The van der Waals surface area contributed by atoms with Crippen LogP contribution in [-0.2, 0) is 11.8 Å². The molecule has 1 heterocycles. The van der Waals surface area contributed by atoms with Crippen molar-refractivity contribution in [2.24, 2.45) is 7.05 Å². The predicted octanol–water partition coefficient (Wildman–Crippen LogP) is 3.75. The lowest BCUT2D eigenvalue weighted by atomic mass is 10.1. The van der Waals surface area contributed by atoms with Gasteiger partial charge in [-0.15, -0.1) is 0 Å². The summed E-state index contributed by atoms with van der Waals surface area (Å²) in [5.74, 6) is -0.798. The van der Waals surface area contributed by atoms with E-state index in [0.29, 0.717) is 22.6 Å². The van der Waals surface area contributed by atoms with Crippen LogP contribution in [0.4, 0.5) is 15.8 Å². The predicted molar refractivity (Wildman–Crippen MR) is 102 cm³/mol. The summed E-state index contributed by atoms with van der Waals surface area (Å²) in [5, 5.41) is 9.67. The van der Waals surface area contributed by atoms with E-state index in [9.17, 15) is 14.0 Å². The topological polar surface area (TPSA) is 76.0 Å². The van der Waals surface area contributed by atoms with Gasteiger partial charge in [-0.2, -0.15) is 5.10 Å². The van der Waals surface area contributed by atoms with Crippen molar-refractivity contribution < 1.29 is 14.0 Å². The second-order valence-electron chi connectivity index (χ2n) is 6.22. The number of benzene rings is 2. The van der Waals surface area contributed by atoms with Crippen molar-refractivity contribution >= 4 is 23.2 Å². The molecule has 0 unspecified atom stereocenters. The van der Waals surface area contributed by atoms with Crippen molar-refractivity contribution in [1.29, 1.82) is 0 Å². The van der Waals surface area contributed by atoms with Gasteiger partial charge in [0.1, 0.15) is 5.82 Å². The molecule has 3 aromatic rings. The molecule has 0 aliphatic heterocycles. The maximum atomic E-state index is 13.5. The van der Waals surface area contributed by atoms with Gasteiger partial charge >= 0.3 is 0 Å². The van der Waals surface area contributed by atoms with Gasteiger partial charge in [-0.1, -0.05) is 0 Å². The molecule has 27 heavy (non-hydrogen) atoms. The van der Waals surface area contributed by atoms with Crippen LogP contribution >= 0.6 is 0 Å². The molecule has 2 N–H and O–H groups in total. The number of aryl methyl sites for hydroxylation is 2. The first-order valence-electron chi connectivity index (χ1n) is 8.33. The Bertz CT molecular complexity index is 1010. The fraction of sp³-hybridized carbons (Fsp3) is 0.150. The van der Waals surface area contributed by atoms with Crippen LogP contribution in [0.15, 0.2) is 48.5 Å². The van der Waals surface area contributed by atoms with Gasteiger partial charge in [-0.25, -0.2) is 4.39 Å². The molecule has 2 aromatic carbocycles. The Hall–Kier alpha value is -3.48. The van der Waals surface area contributed by atoms with Gasteiger partial charge in [0.15, 0.2) is 5.69 Å². The molecule has 0 aliphatic rings. The number of rotatable bonds is 4. The summed E-state index contributed by atoms with van der Waals surface area (Å²) in [4.78, 5) is 23.5. The van der Waals surface area contributed by atoms with E-state index in [4.69, 9.17) is 0 Å². The lowest BCUT2D eigenvalue weighted by molar-refractivity contribution is -0.114. The first-order valence-corrected chi connectivity index (χ1v) is 8.33. The number of carbonyl (C=O) groups excluding carboxylic acids is 2. The number of carbonyl (C=O) groups is 2. The van der Waals surface area contributed by atoms with E-state index in [-0.39, 0.29) is 23.3 Å². The Morgan fingerprint density at radius 3 is 2.22 bits per heavy atom. The largest absolute Gasteiger partial charge is 0.326 e. The molecule has 2 amide bonds. The van der Waals surface area contributed by atoms with Crippen LogP contribution in [0.5, 0.6) is 0 Å². The Labute approximate surface area is 156 Å². The van der Waals surface area contributed by atoms with E-state index < -0.39 is 0 Å². The summed E-state index contributed by atoms with van der Waals surface area (Å²) >= 11 is 0. The second kappa shape index (κ2) is 7.41. The molecular formula is C20H19FN4O2. The zero-order valence-corrected chi connectivity index (χ0v) is 15.2. The van der Waals surface area contributed by atoms with Gasteiger partial charge in [0, 0.05) is 30.9 Å². The molecule has 0 atom stereocenters. The highest BCUT2D eigenvalue weighted by molar-refractivity contribution is 6.03. The number of nitrogens with one attached hydrogen (secondary N) is 2. The highest BCUT2D eigenvalue weighted by Crippen LogP contribution is 2.23. The van der Waals surface area contributed by atoms with E-state index in [1.807, 2.05) is 0 Å². The summed E-state index contributed by atoms with van der Waals surface area (Å²) in [6.07, 6.45) is 0. The minimum Gasteiger partial charge on any atom is -0.326 e. The van der Waals surface area contributed by atoms with E-state index in [1.165, 1.54) is 13.0 Å². The third-order valence-corrected chi connectivity index (χ3v) is 4.03. The second-order valence-corrected chi connectivity index (χ2v) is 6.22. The summed E-state index contributed by atoms with van der Waals surface area (Å²) in [7, 11) is 1.73. The van der Waals surface area contributed by atoms with Gasteiger partial charge in [0.2, 0.25) is 5.91 Å². The molecule has 138 valence electrons. The van der Waals surface area contributed by atoms with Crippen LogP contribution < -0.4 is 10.6 Å². The average Bonchev–Trinajstić information content (AvgIpc) is 3.00. The van der Waals surface area contributed by atoms with E-state index >= 15 is 0 Å². The first kappa shape index (κ1) is 18.3. The van der Waals surface area contributed by atoms with Crippen molar-refractivity contribution in [1.82, 2.24) is 9.78 Å². The zero-order valence-electron chi connectivity index (χ0n) is 15.2. The van der Waals surface area contributed by atoms with Crippen LogP contribution in [0.3, 0.4) is 0 Å². The van der Waals surface area contributed by atoms with E-state index in [1.54, 1.807) is 61.1 Å². The lowest BCUT2D eigenvalue weighted by Gasteiger charge is -2.05. The number of halogens is 1. The SMILES string of the molecule is CC(=O)Nc1ccc(NC(=O)c2cc(-c3ccc(F)c(C)c3)n(C)n2)cc1. The van der Waals surface area contributed by atoms with Crippen molar-refractivity contribution in [3.63, 3.8) is 0 Å². The highest BCUT2D eigenvalue weighted by Gasteiger charge is 2.15. The molecule has 0 radical (unpaired) electrons. The molecule has 0 bridgehead atoms. The minimum atomic E-state index is -0.358. The monoisotopic (exact) mass is 366 g/mol. The summed E-state index contributed by atoms with van der Waals surface area (Å²) < 4.78 is 15.1. The van der Waals surface area contributed by atoms with Crippen molar-refractivity contribution in [2.75, 3.05) is 10.6 Å². The number of nitrogens with zero attached hydrogens (tertiary/aromatic N) is 2. The maximum absolute atomic E-state index is 13.5. The van der Waals surface area contributed by atoms with Gasteiger partial charge < -0.3 is 10.6 Å². The quantitative estimate of drug-likeness (QED) is 0.738.